The molecule has 2 aromatic rings. The van der Waals surface area contributed by atoms with Gasteiger partial charge in [0.15, 0.2) is 5.78 Å². The number of Topliss-reactive ketones (excluding diaryl/α,β-unsaturated/α-hetero) is 1. The minimum Gasteiger partial charge on any atom is -0.294 e. The van der Waals surface area contributed by atoms with Crippen LogP contribution in [0.2, 0.25) is 0 Å². The van der Waals surface area contributed by atoms with Crippen LogP contribution in [0.25, 0.3) is 0 Å². The van der Waals surface area contributed by atoms with Crippen molar-refractivity contribution in [2.75, 3.05) is 0 Å². The third-order valence-corrected chi connectivity index (χ3v) is 3.81. The van der Waals surface area contributed by atoms with Crippen LogP contribution in [0.15, 0.2) is 45.6 Å². The molecule has 76 valence electrons. The first-order valence-corrected chi connectivity index (χ1v) is 6.25. The van der Waals surface area contributed by atoms with Gasteiger partial charge in [0, 0.05) is 12.0 Å². The molecule has 3 heteroatoms. The Hall–Kier alpha value is -0.930. The summed E-state index contributed by atoms with van der Waals surface area (Å²) >= 11 is 4.92. The molecule has 1 heterocycles. The summed E-state index contributed by atoms with van der Waals surface area (Å²) in [6.07, 6.45) is 0.468. The normalized spacial score (nSPS) is 10.2. The van der Waals surface area contributed by atoms with Gasteiger partial charge in [0.1, 0.15) is 0 Å². The third-order valence-electron chi connectivity index (χ3n) is 2.13. The quantitative estimate of drug-likeness (QED) is 0.779. The van der Waals surface area contributed by atoms with Crippen molar-refractivity contribution in [3.63, 3.8) is 0 Å². The molecule has 0 unspecified atom stereocenters. The molecule has 0 N–H and O–H groups in total. The first kappa shape index (κ1) is 10.6. The Balaban J connectivity index is 2.15. The van der Waals surface area contributed by atoms with Crippen molar-refractivity contribution >= 4 is 33.0 Å². The maximum atomic E-state index is 11.9. The summed E-state index contributed by atoms with van der Waals surface area (Å²) in [7, 11) is 0. The molecule has 0 amide bonds. The Bertz CT molecular complexity index is 461. The lowest BCUT2D eigenvalue weighted by molar-refractivity contribution is 0.0993. The predicted molar refractivity (Wildman–Crippen MR) is 66.5 cm³/mol. The summed E-state index contributed by atoms with van der Waals surface area (Å²) < 4.78 is 0.920. The van der Waals surface area contributed by atoms with Crippen LogP contribution in [-0.4, -0.2) is 5.78 Å². The number of benzene rings is 1. The number of rotatable bonds is 3. The standard InChI is InChI=1S/C12H9BrOS/c13-12-10(6-7-15-12)11(14)8-9-4-2-1-3-5-9/h1-7H,8H2. The second-order valence-electron chi connectivity index (χ2n) is 3.19. The van der Waals surface area contributed by atoms with E-state index in [2.05, 4.69) is 15.9 Å². The first-order valence-electron chi connectivity index (χ1n) is 4.57. The zero-order valence-electron chi connectivity index (χ0n) is 7.94. The van der Waals surface area contributed by atoms with E-state index in [4.69, 9.17) is 0 Å². The number of carbonyl (C=O) groups is 1. The van der Waals surface area contributed by atoms with Crippen LogP contribution in [0.1, 0.15) is 15.9 Å². The lowest BCUT2D eigenvalue weighted by atomic mass is 10.1. The highest BCUT2D eigenvalue weighted by atomic mass is 79.9. The molecular weight excluding hydrogens is 272 g/mol. The molecule has 0 aliphatic heterocycles. The molecule has 0 radical (unpaired) electrons. The molecule has 0 atom stereocenters. The Morgan fingerprint density at radius 1 is 1.20 bits per heavy atom. The van der Waals surface area contributed by atoms with Crippen molar-refractivity contribution in [2.45, 2.75) is 6.42 Å². The van der Waals surface area contributed by atoms with Crippen LogP contribution < -0.4 is 0 Å². The summed E-state index contributed by atoms with van der Waals surface area (Å²) in [5.74, 6) is 0.161. The van der Waals surface area contributed by atoms with Gasteiger partial charge in [-0.1, -0.05) is 30.3 Å². The van der Waals surface area contributed by atoms with Crippen molar-refractivity contribution in [3.8, 4) is 0 Å². The van der Waals surface area contributed by atoms with E-state index >= 15 is 0 Å². The summed E-state index contributed by atoms with van der Waals surface area (Å²) in [6, 6.07) is 11.7. The number of carbonyl (C=O) groups excluding carboxylic acids is 1. The van der Waals surface area contributed by atoms with Crippen molar-refractivity contribution < 1.29 is 4.79 Å². The van der Waals surface area contributed by atoms with Gasteiger partial charge in [-0.15, -0.1) is 11.3 Å². The largest absolute Gasteiger partial charge is 0.294 e. The second-order valence-corrected chi connectivity index (χ2v) is 5.43. The number of hydrogen-bond donors (Lipinski definition) is 0. The number of ketones is 1. The molecule has 0 saturated heterocycles. The number of halogens is 1. The maximum absolute atomic E-state index is 11.9. The maximum Gasteiger partial charge on any atom is 0.169 e. The van der Waals surface area contributed by atoms with Crippen LogP contribution in [0.5, 0.6) is 0 Å². The van der Waals surface area contributed by atoms with Crippen LogP contribution in [-0.2, 0) is 6.42 Å². The molecule has 1 aromatic carbocycles. The third kappa shape index (κ3) is 2.55. The average Bonchev–Trinajstić information content (AvgIpc) is 2.66. The van der Waals surface area contributed by atoms with Crippen molar-refractivity contribution in [1.29, 1.82) is 0 Å². The zero-order chi connectivity index (χ0) is 10.7. The van der Waals surface area contributed by atoms with Gasteiger partial charge in [-0.2, -0.15) is 0 Å². The molecule has 2 rings (SSSR count). The smallest absolute Gasteiger partial charge is 0.169 e. The molecule has 15 heavy (non-hydrogen) atoms. The van der Waals surface area contributed by atoms with Crippen molar-refractivity contribution in [1.82, 2.24) is 0 Å². The van der Waals surface area contributed by atoms with Gasteiger partial charge in [0.05, 0.1) is 3.79 Å². The molecule has 1 aromatic heterocycles. The fourth-order valence-corrected chi connectivity index (χ4v) is 2.68. The molecule has 0 bridgehead atoms. The molecule has 0 aliphatic carbocycles. The minimum absolute atomic E-state index is 0.161. The van der Waals surface area contributed by atoms with Gasteiger partial charge >= 0.3 is 0 Å². The second kappa shape index (κ2) is 4.73. The Labute approximate surface area is 101 Å². The Morgan fingerprint density at radius 3 is 2.53 bits per heavy atom. The predicted octanol–water partition coefficient (Wildman–Crippen LogP) is 3.94. The lowest BCUT2D eigenvalue weighted by Gasteiger charge is -1.99. The van der Waals surface area contributed by atoms with Gasteiger partial charge < -0.3 is 0 Å². The van der Waals surface area contributed by atoms with E-state index in [1.807, 2.05) is 41.8 Å². The number of thiophene rings is 1. The summed E-state index contributed by atoms with van der Waals surface area (Å²) in [6.45, 7) is 0. The topological polar surface area (TPSA) is 17.1 Å². The van der Waals surface area contributed by atoms with Gasteiger partial charge in [-0.3, -0.25) is 4.79 Å². The van der Waals surface area contributed by atoms with Crippen LogP contribution in [0.3, 0.4) is 0 Å². The lowest BCUT2D eigenvalue weighted by Crippen LogP contribution is -2.02. The van der Waals surface area contributed by atoms with Crippen LogP contribution >= 0.6 is 27.3 Å². The summed E-state index contributed by atoms with van der Waals surface area (Å²) in [4.78, 5) is 11.9. The molecule has 0 spiro atoms. The van der Waals surface area contributed by atoms with Gasteiger partial charge in [-0.05, 0) is 32.9 Å². The van der Waals surface area contributed by atoms with E-state index in [1.165, 1.54) is 11.3 Å². The Morgan fingerprint density at radius 2 is 1.93 bits per heavy atom. The first-order chi connectivity index (χ1) is 7.27. The van der Waals surface area contributed by atoms with Gasteiger partial charge in [-0.25, -0.2) is 0 Å². The fourth-order valence-electron chi connectivity index (χ4n) is 1.37. The van der Waals surface area contributed by atoms with Crippen LogP contribution in [0, 0.1) is 0 Å². The zero-order valence-corrected chi connectivity index (χ0v) is 10.3. The Kier molecular flexibility index (Phi) is 3.34. The molecule has 0 saturated carbocycles. The monoisotopic (exact) mass is 280 g/mol. The van der Waals surface area contributed by atoms with E-state index in [-0.39, 0.29) is 5.78 Å². The molecule has 1 nitrogen and oxygen atoms in total. The van der Waals surface area contributed by atoms with E-state index < -0.39 is 0 Å². The fraction of sp³-hybridized carbons (Fsp3) is 0.0833. The number of hydrogen-bond acceptors (Lipinski definition) is 2. The summed E-state index contributed by atoms with van der Waals surface area (Å²) in [5, 5.41) is 1.92. The van der Waals surface area contributed by atoms with Crippen LogP contribution in [0.4, 0.5) is 0 Å². The average molecular weight is 281 g/mol. The molecule has 0 aliphatic rings. The van der Waals surface area contributed by atoms with E-state index in [0.717, 1.165) is 14.9 Å². The van der Waals surface area contributed by atoms with E-state index in [0.29, 0.717) is 6.42 Å². The highest BCUT2D eigenvalue weighted by Gasteiger charge is 2.11. The SMILES string of the molecule is O=C(Cc1ccccc1)c1ccsc1Br. The highest BCUT2D eigenvalue weighted by molar-refractivity contribution is 9.11. The minimum atomic E-state index is 0.161. The van der Waals surface area contributed by atoms with E-state index in [1.54, 1.807) is 0 Å². The highest BCUT2D eigenvalue weighted by Crippen LogP contribution is 2.24. The summed E-state index contributed by atoms with van der Waals surface area (Å²) in [5.41, 5.74) is 1.84. The van der Waals surface area contributed by atoms with Gasteiger partial charge in [0.25, 0.3) is 0 Å². The van der Waals surface area contributed by atoms with Crippen molar-refractivity contribution in [3.05, 3.63) is 56.7 Å². The van der Waals surface area contributed by atoms with Gasteiger partial charge in [0.2, 0.25) is 0 Å². The molecule has 0 fully saturated rings. The molecular formula is C12H9BrOS. The van der Waals surface area contributed by atoms with E-state index in [9.17, 15) is 4.79 Å². The van der Waals surface area contributed by atoms with Crippen molar-refractivity contribution in [2.24, 2.45) is 0 Å².